The minimum absolute atomic E-state index is 0.600. The Morgan fingerprint density at radius 2 is 1.88 bits per heavy atom. The largest absolute Gasteiger partial charge is 0.317 e. The summed E-state index contributed by atoms with van der Waals surface area (Å²) in [6.45, 7) is 2.35. The molecule has 2 N–H and O–H groups in total. The Kier molecular flexibility index (Phi) is 3.44. The molecule has 2 heteroatoms. The maximum atomic E-state index is 3.87. The van der Waals surface area contributed by atoms with Crippen LogP contribution in [-0.2, 0) is 6.42 Å². The van der Waals surface area contributed by atoms with E-state index in [1.54, 1.807) is 11.1 Å². The van der Waals surface area contributed by atoms with Gasteiger partial charge in [-0.05, 0) is 56.3 Å². The van der Waals surface area contributed by atoms with Gasteiger partial charge in [0.1, 0.15) is 0 Å². The number of benzene rings is 1. The molecule has 0 radical (unpaired) electrons. The van der Waals surface area contributed by atoms with Crippen molar-refractivity contribution in [2.75, 3.05) is 13.1 Å². The molecule has 1 fully saturated rings. The van der Waals surface area contributed by atoms with E-state index in [9.17, 15) is 0 Å². The average molecular weight is 230 g/mol. The van der Waals surface area contributed by atoms with E-state index in [1.807, 2.05) is 0 Å². The second-order valence-electron chi connectivity index (χ2n) is 5.33. The molecule has 0 amide bonds. The molecule has 0 spiro atoms. The van der Waals surface area contributed by atoms with Crippen molar-refractivity contribution in [3.8, 4) is 0 Å². The summed E-state index contributed by atoms with van der Waals surface area (Å²) in [7, 11) is 0. The van der Waals surface area contributed by atoms with Gasteiger partial charge in [0.05, 0.1) is 0 Å². The fraction of sp³-hybridized carbons (Fsp3) is 0.600. The molecule has 1 saturated heterocycles. The third-order valence-corrected chi connectivity index (χ3v) is 4.15. The second kappa shape index (κ2) is 5.19. The smallest absolute Gasteiger partial charge is 0.0325 e. The van der Waals surface area contributed by atoms with Crippen molar-refractivity contribution in [2.24, 2.45) is 0 Å². The average Bonchev–Trinajstić information content (AvgIpc) is 2.40. The predicted octanol–water partition coefficient (Wildman–Crippen LogP) is 2.41. The van der Waals surface area contributed by atoms with Gasteiger partial charge in [0.25, 0.3) is 0 Å². The summed E-state index contributed by atoms with van der Waals surface area (Å²) in [5.41, 5.74) is 3.11. The lowest BCUT2D eigenvalue weighted by Crippen LogP contribution is -2.42. The van der Waals surface area contributed by atoms with Crippen LogP contribution >= 0.6 is 0 Å². The van der Waals surface area contributed by atoms with Gasteiger partial charge in [-0.25, -0.2) is 0 Å². The van der Waals surface area contributed by atoms with Gasteiger partial charge in [0.15, 0.2) is 0 Å². The molecule has 1 heterocycles. The zero-order chi connectivity index (χ0) is 11.5. The van der Waals surface area contributed by atoms with E-state index in [0.29, 0.717) is 12.1 Å². The summed E-state index contributed by atoms with van der Waals surface area (Å²) in [5, 5.41) is 7.31. The molecule has 1 unspecified atom stereocenters. The predicted molar refractivity (Wildman–Crippen MR) is 71.1 cm³/mol. The molecule has 0 aromatic heterocycles. The monoisotopic (exact) mass is 230 g/mol. The summed E-state index contributed by atoms with van der Waals surface area (Å²) >= 11 is 0. The molecule has 1 aliphatic carbocycles. The van der Waals surface area contributed by atoms with Crippen molar-refractivity contribution in [2.45, 2.75) is 44.2 Å². The topological polar surface area (TPSA) is 24.1 Å². The number of rotatable bonds is 2. The van der Waals surface area contributed by atoms with E-state index in [0.717, 1.165) is 0 Å². The van der Waals surface area contributed by atoms with Crippen LogP contribution in [0.2, 0.25) is 0 Å². The van der Waals surface area contributed by atoms with Crippen LogP contribution in [0.25, 0.3) is 0 Å². The van der Waals surface area contributed by atoms with E-state index < -0.39 is 0 Å². The Bertz CT molecular complexity index is 369. The van der Waals surface area contributed by atoms with Crippen LogP contribution in [0.15, 0.2) is 24.3 Å². The Morgan fingerprint density at radius 3 is 2.76 bits per heavy atom. The molecule has 0 bridgehead atoms. The highest BCUT2D eigenvalue weighted by Crippen LogP contribution is 2.30. The van der Waals surface area contributed by atoms with Gasteiger partial charge in [0, 0.05) is 12.1 Å². The summed E-state index contributed by atoms with van der Waals surface area (Å²) in [6.07, 6.45) is 6.46. The molecular weight excluding hydrogens is 208 g/mol. The molecule has 1 atom stereocenters. The SMILES string of the molecule is c1ccc2c(c1)CCCC2NC1CCNCC1. The number of hydrogen-bond donors (Lipinski definition) is 2. The van der Waals surface area contributed by atoms with Gasteiger partial charge < -0.3 is 10.6 Å². The Morgan fingerprint density at radius 1 is 1.06 bits per heavy atom. The van der Waals surface area contributed by atoms with Crippen molar-refractivity contribution in [1.29, 1.82) is 0 Å². The zero-order valence-electron chi connectivity index (χ0n) is 10.4. The first-order valence-electron chi connectivity index (χ1n) is 6.98. The van der Waals surface area contributed by atoms with Crippen molar-refractivity contribution < 1.29 is 0 Å². The molecule has 1 aromatic carbocycles. The molecule has 2 aliphatic rings. The van der Waals surface area contributed by atoms with E-state index in [-0.39, 0.29) is 0 Å². The van der Waals surface area contributed by atoms with Gasteiger partial charge in [0.2, 0.25) is 0 Å². The summed E-state index contributed by atoms with van der Waals surface area (Å²) in [5.74, 6) is 0. The molecule has 1 aliphatic heterocycles. The van der Waals surface area contributed by atoms with Crippen molar-refractivity contribution in [1.82, 2.24) is 10.6 Å². The molecule has 3 rings (SSSR count). The van der Waals surface area contributed by atoms with Crippen LogP contribution in [0.1, 0.15) is 42.9 Å². The van der Waals surface area contributed by atoms with E-state index in [2.05, 4.69) is 34.9 Å². The molecule has 1 aromatic rings. The number of hydrogen-bond acceptors (Lipinski definition) is 2. The van der Waals surface area contributed by atoms with Crippen LogP contribution in [0, 0.1) is 0 Å². The van der Waals surface area contributed by atoms with Crippen LogP contribution in [0.4, 0.5) is 0 Å². The van der Waals surface area contributed by atoms with Gasteiger partial charge in [-0.1, -0.05) is 24.3 Å². The second-order valence-corrected chi connectivity index (χ2v) is 5.33. The first-order valence-corrected chi connectivity index (χ1v) is 6.98. The highest BCUT2D eigenvalue weighted by molar-refractivity contribution is 5.32. The standard InChI is InChI=1S/C15H22N2/c1-2-6-14-12(4-1)5-3-7-15(14)17-13-8-10-16-11-9-13/h1-2,4,6,13,15-17H,3,5,7-11H2. The molecule has 2 nitrogen and oxygen atoms in total. The lowest BCUT2D eigenvalue weighted by atomic mass is 9.87. The molecule has 0 saturated carbocycles. The van der Waals surface area contributed by atoms with Gasteiger partial charge in [-0.15, -0.1) is 0 Å². The van der Waals surface area contributed by atoms with Crippen LogP contribution in [-0.4, -0.2) is 19.1 Å². The highest BCUT2D eigenvalue weighted by atomic mass is 15.0. The first kappa shape index (κ1) is 11.2. The maximum Gasteiger partial charge on any atom is 0.0325 e. The lowest BCUT2D eigenvalue weighted by Gasteiger charge is -2.32. The van der Waals surface area contributed by atoms with Gasteiger partial charge in [-0.3, -0.25) is 0 Å². The first-order chi connectivity index (χ1) is 8.43. The van der Waals surface area contributed by atoms with Crippen molar-refractivity contribution >= 4 is 0 Å². The van der Waals surface area contributed by atoms with E-state index in [4.69, 9.17) is 0 Å². The number of piperidine rings is 1. The van der Waals surface area contributed by atoms with E-state index in [1.165, 1.54) is 45.2 Å². The Labute approximate surface area is 104 Å². The summed E-state index contributed by atoms with van der Waals surface area (Å²) in [4.78, 5) is 0. The number of fused-ring (bicyclic) bond motifs is 1. The van der Waals surface area contributed by atoms with Crippen LogP contribution in [0.3, 0.4) is 0 Å². The highest BCUT2D eigenvalue weighted by Gasteiger charge is 2.23. The van der Waals surface area contributed by atoms with Gasteiger partial charge in [-0.2, -0.15) is 0 Å². The molecular formula is C15H22N2. The van der Waals surface area contributed by atoms with Crippen molar-refractivity contribution in [3.05, 3.63) is 35.4 Å². The van der Waals surface area contributed by atoms with Gasteiger partial charge >= 0.3 is 0 Å². The van der Waals surface area contributed by atoms with Crippen LogP contribution in [0.5, 0.6) is 0 Å². The number of aryl methyl sites for hydroxylation is 1. The minimum atomic E-state index is 0.600. The summed E-state index contributed by atoms with van der Waals surface area (Å²) < 4.78 is 0. The fourth-order valence-corrected chi connectivity index (χ4v) is 3.20. The number of nitrogens with one attached hydrogen (secondary N) is 2. The third-order valence-electron chi connectivity index (χ3n) is 4.15. The Balaban J connectivity index is 1.71. The van der Waals surface area contributed by atoms with Crippen molar-refractivity contribution in [3.63, 3.8) is 0 Å². The summed E-state index contributed by atoms with van der Waals surface area (Å²) in [6, 6.07) is 10.3. The zero-order valence-corrected chi connectivity index (χ0v) is 10.4. The normalized spacial score (nSPS) is 25.5. The minimum Gasteiger partial charge on any atom is -0.317 e. The Hall–Kier alpha value is -0.860. The van der Waals surface area contributed by atoms with E-state index >= 15 is 0 Å². The fourth-order valence-electron chi connectivity index (χ4n) is 3.20. The van der Waals surface area contributed by atoms with Crippen LogP contribution < -0.4 is 10.6 Å². The molecule has 17 heavy (non-hydrogen) atoms. The quantitative estimate of drug-likeness (QED) is 0.815. The maximum absolute atomic E-state index is 3.87. The lowest BCUT2D eigenvalue weighted by molar-refractivity contribution is 0.331. The molecule has 92 valence electrons. The third kappa shape index (κ3) is 2.53.